The van der Waals surface area contributed by atoms with Crippen LogP contribution in [0.15, 0.2) is 18.2 Å². The molecule has 0 radical (unpaired) electrons. The minimum atomic E-state index is -4.76. The van der Waals surface area contributed by atoms with Crippen molar-refractivity contribution in [2.45, 2.75) is 30.2 Å². The van der Waals surface area contributed by atoms with Gasteiger partial charge < -0.3 is 10.0 Å². The van der Waals surface area contributed by atoms with Crippen molar-refractivity contribution < 1.29 is 32.2 Å². The molecule has 1 amide bonds. The van der Waals surface area contributed by atoms with Gasteiger partial charge in [-0.1, -0.05) is 0 Å². The number of carbonyl (C=O) groups is 1. The van der Waals surface area contributed by atoms with Crippen LogP contribution in [0.2, 0.25) is 0 Å². The van der Waals surface area contributed by atoms with E-state index < -0.39 is 38.9 Å². The number of nitriles is 1. The van der Waals surface area contributed by atoms with Crippen LogP contribution in [0.25, 0.3) is 0 Å². The minimum Gasteiger partial charge on any atom is -0.465 e. The summed E-state index contributed by atoms with van der Waals surface area (Å²) in [7, 11) is -2.28. The van der Waals surface area contributed by atoms with Crippen molar-refractivity contribution in [1.29, 1.82) is 5.26 Å². The summed E-state index contributed by atoms with van der Waals surface area (Å²) in [5, 5.41) is 18.4. The molecule has 164 valence electrons. The largest absolute Gasteiger partial charge is 0.465 e. The number of carboxylic acid groups (broad SMARTS) is 1. The molecule has 2 bridgehead atoms. The van der Waals surface area contributed by atoms with Gasteiger partial charge in [-0.25, -0.2) is 4.79 Å². The molecular weight excluding hydrogens is 423 g/mol. The van der Waals surface area contributed by atoms with Gasteiger partial charge in [-0.15, -0.1) is 10.8 Å². The Labute approximate surface area is 173 Å². The van der Waals surface area contributed by atoms with E-state index in [0.717, 1.165) is 36.3 Å². The van der Waals surface area contributed by atoms with Gasteiger partial charge >= 0.3 is 12.3 Å². The van der Waals surface area contributed by atoms with Crippen LogP contribution in [-0.4, -0.2) is 50.1 Å². The SMILES string of the molecule is CN(C[C@@]12[C@@H]3CC[C@@H](C3)[C@@H]1CN(c1ccc(C#N)c(C(F)(F)F)c1)S2(O)O)C(=O)O. The Bertz CT molecular complexity index is 935. The Kier molecular flexibility index (Phi) is 4.69. The highest BCUT2D eigenvalue weighted by Crippen LogP contribution is 2.76. The highest BCUT2D eigenvalue weighted by molar-refractivity contribution is 8.26. The maximum absolute atomic E-state index is 13.4. The lowest BCUT2D eigenvalue weighted by molar-refractivity contribution is -0.137. The molecule has 2 aliphatic carbocycles. The molecule has 4 atom stereocenters. The van der Waals surface area contributed by atoms with Crippen LogP contribution in [0.1, 0.15) is 30.4 Å². The smallest absolute Gasteiger partial charge is 0.417 e. The monoisotopic (exact) mass is 445 g/mol. The molecular formula is C19H22F3N3O4S. The number of alkyl halides is 3. The molecule has 30 heavy (non-hydrogen) atoms. The number of fused-ring (bicyclic) bond motifs is 5. The van der Waals surface area contributed by atoms with E-state index in [0.29, 0.717) is 0 Å². The molecule has 3 fully saturated rings. The molecule has 0 unspecified atom stereocenters. The Balaban J connectivity index is 1.79. The van der Waals surface area contributed by atoms with Crippen molar-refractivity contribution in [3.05, 3.63) is 29.3 Å². The van der Waals surface area contributed by atoms with E-state index in [4.69, 9.17) is 5.26 Å². The van der Waals surface area contributed by atoms with Gasteiger partial charge in [0.25, 0.3) is 0 Å². The molecule has 1 aromatic rings. The third-order valence-electron chi connectivity index (χ3n) is 7.07. The predicted molar refractivity (Wildman–Crippen MR) is 104 cm³/mol. The molecule has 4 rings (SSSR count). The van der Waals surface area contributed by atoms with Crippen molar-refractivity contribution in [1.82, 2.24) is 4.90 Å². The van der Waals surface area contributed by atoms with Gasteiger partial charge in [0.05, 0.1) is 22.9 Å². The average molecular weight is 445 g/mol. The maximum Gasteiger partial charge on any atom is 0.417 e. The Morgan fingerprint density at radius 3 is 2.70 bits per heavy atom. The summed E-state index contributed by atoms with van der Waals surface area (Å²) in [5.74, 6) is -0.161. The second kappa shape index (κ2) is 6.67. The zero-order valence-corrected chi connectivity index (χ0v) is 16.9. The fourth-order valence-corrected chi connectivity index (χ4v) is 8.68. The summed E-state index contributed by atoms with van der Waals surface area (Å²) in [6, 6.07) is 4.63. The lowest BCUT2D eigenvalue weighted by Crippen LogP contribution is -2.53. The van der Waals surface area contributed by atoms with E-state index in [1.54, 1.807) is 0 Å². The predicted octanol–water partition coefficient (Wildman–Crippen LogP) is 4.46. The first-order chi connectivity index (χ1) is 13.9. The van der Waals surface area contributed by atoms with Gasteiger partial charge in [-0.05, 0) is 49.3 Å². The van der Waals surface area contributed by atoms with E-state index in [9.17, 15) is 32.2 Å². The highest BCUT2D eigenvalue weighted by atomic mass is 32.3. The molecule has 1 saturated heterocycles. The zero-order chi connectivity index (χ0) is 22.1. The van der Waals surface area contributed by atoms with Crippen molar-refractivity contribution >= 4 is 22.6 Å². The van der Waals surface area contributed by atoms with Crippen LogP contribution in [0.5, 0.6) is 0 Å². The van der Waals surface area contributed by atoms with Gasteiger partial charge in [-0.3, -0.25) is 13.4 Å². The third-order valence-corrected chi connectivity index (χ3v) is 9.83. The lowest BCUT2D eigenvalue weighted by atomic mass is 9.78. The Morgan fingerprint density at radius 2 is 2.10 bits per heavy atom. The second-order valence-electron chi connectivity index (χ2n) is 8.39. The third kappa shape index (κ3) is 2.77. The van der Waals surface area contributed by atoms with E-state index in [1.807, 2.05) is 0 Å². The van der Waals surface area contributed by atoms with E-state index >= 15 is 0 Å². The maximum atomic E-state index is 13.4. The van der Waals surface area contributed by atoms with Crippen LogP contribution >= 0.6 is 10.8 Å². The Hall–Kier alpha value is -2.16. The van der Waals surface area contributed by atoms with Gasteiger partial charge in [0.1, 0.15) is 4.75 Å². The van der Waals surface area contributed by atoms with E-state index in [-0.39, 0.29) is 36.5 Å². The van der Waals surface area contributed by atoms with Crippen molar-refractivity contribution in [2.24, 2.45) is 17.8 Å². The number of benzene rings is 1. The molecule has 2 saturated carbocycles. The number of nitrogens with zero attached hydrogens (tertiary/aromatic N) is 3. The van der Waals surface area contributed by atoms with Gasteiger partial charge in [0.2, 0.25) is 0 Å². The molecule has 1 aliphatic heterocycles. The zero-order valence-electron chi connectivity index (χ0n) is 16.1. The summed E-state index contributed by atoms with van der Waals surface area (Å²) in [6.45, 7) is 0.0512. The van der Waals surface area contributed by atoms with Crippen LogP contribution < -0.4 is 4.31 Å². The first kappa shape index (κ1) is 21.1. The average Bonchev–Trinajstić information content (AvgIpc) is 3.31. The highest BCUT2D eigenvalue weighted by Gasteiger charge is 2.70. The van der Waals surface area contributed by atoms with Crippen LogP contribution in [-0.2, 0) is 6.18 Å². The first-order valence-electron chi connectivity index (χ1n) is 9.54. The fraction of sp³-hybridized carbons (Fsp3) is 0.579. The molecule has 0 aromatic heterocycles. The van der Waals surface area contributed by atoms with E-state index in [1.165, 1.54) is 23.5 Å². The number of halogens is 3. The standard InChI is InChI=1S/C19H22F3N3O4S/c1-24(17(26)27)10-18-13-4-2-11(6-13)16(18)9-25(30(18,28)29)14-5-3-12(8-23)15(7-14)19(20,21)22/h3,5,7,11,13,16,28-29H,2,4,6,9-10H2,1H3,(H,26,27)/t11-,13+,16-,18+/m0/s1. The molecule has 7 nitrogen and oxygen atoms in total. The van der Waals surface area contributed by atoms with Crippen molar-refractivity contribution in [3.8, 4) is 6.07 Å². The van der Waals surface area contributed by atoms with Gasteiger partial charge in [-0.2, -0.15) is 18.4 Å². The number of hydrogen-bond acceptors (Lipinski definition) is 5. The summed E-state index contributed by atoms with van der Waals surface area (Å²) in [5.41, 5.74) is -1.69. The summed E-state index contributed by atoms with van der Waals surface area (Å²) >= 11 is 0. The first-order valence-corrected chi connectivity index (χ1v) is 11.0. The lowest BCUT2D eigenvalue weighted by Gasteiger charge is -2.53. The van der Waals surface area contributed by atoms with E-state index in [2.05, 4.69) is 0 Å². The fourth-order valence-electron chi connectivity index (χ4n) is 5.79. The van der Waals surface area contributed by atoms with Crippen molar-refractivity contribution in [2.75, 3.05) is 24.4 Å². The molecule has 1 heterocycles. The second-order valence-corrected chi connectivity index (χ2v) is 10.6. The minimum absolute atomic E-state index is 0.0209. The molecule has 11 heteroatoms. The molecule has 1 aromatic carbocycles. The summed E-state index contributed by atoms with van der Waals surface area (Å²) in [6.07, 6.45) is -3.57. The molecule has 0 spiro atoms. The quantitative estimate of drug-likeness (QED) is 0.634. The van der Waals surface area contributed by atoms with Crippen molar-refractivity contribution in [3.63, 3.8) is 0 Å². The van der Waals surface area contributed by atoms with Gasteiger partial charge in [0, 0.05) is 26.1 Å². The number of amides is 1. The van der Waals surface area contributed by atoms with Gasteiger partial charge in [0.15, 0.2) is 0 Å². The topological polar surface area (TPSA) is 108 Å². The van der Waals surface area contributed by atoms with Crippen LogP contribution in [0.3, 0.4) is 0 Å². The number of rotatable bonds is 3. The molecule has 3 aliphatic rings. The number of hydrogen-bond donors (Lipinski definition) is 3. The summed E-state index contributed by atoms with van der Waals surface area (Å²) < 4.78 is 63.2. The van der Waals surface area contributed by atoms with Crippen LogP contribution in [0.4, 0.5) is 23.7 Å². The summed E-state index contributed by atoms with van der Waals surface area (Å²) in [4.78, 5) is 12.5. The Morgan fingerprint density at radius 1 is 1.40 bits per heavy atom. The molecule has 3 N–H and O–H groups in total. The normalized spacial score (nSPS) is 32.6. The van der Waals surface area contributed by atoms with Crippen LogP contribution in [0, 0.1) is 29.1 Å². The number of anilines is 1.